The van der Waals surface area contributed by atoms with Crippen LogP contribution in [0.25, 0.3) is 0 Å². The lowest BCUT2D eigenvalue weighted by molar-refractivity contribution is 0.231. The molecule has 0 aliphatic carbocycles. The van der Waals surface area contributed by atoms with Crippen LogP contribution in [0.3, 0.4) is 0 Å². The van der Waals surface area contributed by atoms with E-state index in [2.05, 4.69) is 15.2 Å². The lowest BCUT2D eigenvalue weighted by atomic mass is 10.3. The van der Waals surface area contributed by atoms with E-state index >= 15 is 0 Å². The molecule has 1 aliphatic heterocycles. The van der Waals surface area contributed by atoms with Gasteiger partial charge in [-0.05, 0) is 12.1 Å². The SMILES string of the molecule is Nc1ccnc(CN2CCNCC2)c1. The van der Waals surface area contributed by atoms with E-state index in [1.54, 1.807) is 6.20 Å². The predicted molar refractivity (Wildman–Crippen MR) is 56.8 cm³/mol. The van der Waals surface area contributed by atoms with E-state index < -0.39 is 0 Å². The summed E-state index contributed by atoms with van der Waals surface area (Å²) in [5.41, 5.74) is 7.55. The number of nitrogens with zero attached hydrogens (tertiary/aromatic N) is 2. The van der Waals surface area contributed by atoms with E-state index in [1.165, 1.54) is 0 Å². The van der Waals surface area contributed by atoms with Gasteiger partial charge < -0.3 is 11.1 Å². The fourth-order valence-electron chi connectivity index (χ4n) is 1.68. The maximum atomic E-state index is 5.69. The number of nitrogens with one attached hydrogen (secondary N) is 1. The van der Waals surface area contributed by atoms with Crippen molar-refractivity contribution in [3.05, 3.63) is 24.0 Å². The van der Waals surface area contributed by atoms with Crippen LogP contribution in [0.15, 0.2) is 18.3 Å². The Morgan fingerprint density at radius 1 is 1.43 bits per heavy atom. The number of pyridine rings is 1. The molecule has 4 nitrogen and oxygen atoms in total. The summed E-state index contributed by atoms with van der Waals surface area (Å²) in [5.74, 6) is 0. The average molecular weight is 192 g/mol. The summed E-state index contributed by atoms with van der Waals surface area (Å²) >= 11 is 0. The molecule has 0 bridgehead atoms. The lowest BCUT2D eigenvalue weighted by Crippen LogP contribution is -2.43. The standard InChI is InChI=1S/C10H16N4/c11-9-1-2-13-10(7-9)8-14-5-3-12-4-6-14/h1-2,7,12H,3-6,8H2,(H2,11,13). The second kappa shape index (κ2) is 4.39. The Morgan fingerprint density at radius 3 is 2.93 bits per heavy atom. The van der Waals surface area contributed by atoms with Gasteiger partial charge in [0, 0.05) is 44.6 Å². The Kier molecular flexibility index (Phi) is 2.96. The maximum absolute atomic E-state index is 5.69. The Morgan fingerprint density at radius 2 is 2.21 bits per heavy atom. The van der Waals surface area contributed by atoms with Crippen LogP contribution in [-0.2, 0) is 6.54 Å². The molecule has 0 saturated carbocycles. The first kappa shape index (κ1) is 9.43. The summed E-state index contributed by atoms with van der Waals surface area (Å²) < 4.78 is 0. The van der Waals surface area contributed by atoms with Gasteiger partial charge in [-0.1, -0.05) is 0 Å². The molecule has 1 fully saturated rings. The molecule has 2 rings (SSSR count). The minimum absolute atomic E-state index is 0.796. The first-order valence-corrected chi connectivity index (χ1v) is 4.98. The molecular weight excluding hydrogens is 176 g/mol. The molecule has 0 aromatic carbocycles. The molecule has 14 heavy (non-hydrogen) atoms. The molecule has 0 spiro atoms. The van der Waals surface area contributed by atoms with Crippen molar-refractivity contribution < 1.29 is 0 Å². The normalized spacial score (nSPS) is 18.3. The number of nitrogens with two attached hydrogens (primary N) is 1. The van der Waals surface area contributed by atoms with Crippen molar-refractivity contribution >= 4 is 5.69 Å². The van der Waals surface area contributed by atoms with Crippen LogP contribution in [-0.4, -0.2) is 36.1 Å². The molecule has 76 valence electrons. The second-order valence-corrected chi connectivity index (χ2v) is 3.61. The molecule has 1 aliphatic rings. The van der Waals surface area contributed by atoms with Crippen molar-refractivity contribution in [1.82, 2.24) is 15.2 Å². The summed E-state index contributed by atoms with van der Waals surface area (Å²) in [6.45, 7) is 5.24. The summed E-state index contributed by atoms with van der Waals surface area (Å²) in [6, 6.07) is 3.77. The van der Waals surface area contributed by atoms with Gasteiger partial charge in [0.1, 0.15) is 0 Å². The van der Waals surface area contributed by atoms with Gasteiger partial charge >= 0.3 is 0 Å². The molecule has 3 N–H and O–H groups in total. The third-order valence-corrected chi connectivity index (χ3v) is 2.44. The quantitative estimate of drug-likeness (QED) is 0.696. The smallest absolute Gasteiger partial charge is 0.0564 e. The number of hydrogen-bond donors (Lipinski definition) is 2. The van der Waals surface area contributed by atoms with Gasteiger partial charge in [0.25, 0.3) is 0 Å². The van der Waals surface area contributed by atoms with Gasteiger partial charge in [-0.15, -0.1) is 0 Å². The number of piperazine rings is 1. The van der Waals surface area contributed by atoms with Crippen molar-refractivity contribution in [2.45, 2.75) is 6.54 Å². The van der Waals surface area contributed by atoms with Crippen LogP contribution < -0.4 is 11.1 Å². The number of nitrogen functional groups attached to an aromatic ring is 1. The summed E-state index contributed by atoms with van der Waals surface area (Å²) in [6.07, 6.45) is 1.77. The fourth-order valence-corrected chi connectivity index (χ4v) is 1.68. The molecule has 0 atom stereocenters. The predicted octanol–water partition coefficient (Wildman–Crippen LogP) is 0.0690. The summed E-state index contributed by atoms with van der Waals surface area (Å²) in [4.78, 5) is 6.68. The molecule has 0 amide bonds. The van der Waals surface area contributed by atoms with Crippen molar-refractivity contribution in [2.24, 2.45) is 0 Å². The van der Waals surface area contributed by atoms with Crippen LogP contribution in [0.4, 0.5) is 5.69 Å². The molecule has 1 aromatic heterocycles. The topological polar surface area (TPSA) is 54.2 Å². The molecule has 0 radical (unpaired) electrons. The van der Waals surface area contributed by atoms with E-state index in [0.717, 1.165) is 44.1 Å². The van der Waals surface area contributed by atoms with Crippen molar-refractivity contribution in [3.8, 4) is 0 Å². The van der Waals surface area contributed by atoms with Crippen LogP contribution in [0.1, 0.15) is 5.69 Å². The van der Waals surface area contributed by atoms with Gasteiger partial charge in [-0.3, -0.25) is 9.88 Å². The van der Waals surface area contributed by atoms with E-state index in [0.29, 0.717) is 0 Å². The van der Waals surface area contributed by atoms with Crippen molar-refractivity contribution in [2.75, 3.05) is 31.9 Å². The van der Waals surface area contributed by atoms with Crippen LogP contribution in [0.5, 0.6) is 0 Å². The van der Waals surface area contributed by atoms with E-state index in [1.807, 2.05) is 12.1 Å². The van der Waals surface area contributed by atoms with Crippen LogP contribution in [0, 0.1) is 0 Å². The number of aromatic nitrogens is 1. The maximum Gasteiger partial charge on any atom is 0.0564 e. The Hall–Kier alpha value is -1.13. The van der Waals surface area contributed by atoms with Crippen LogP contribution in [0.2, 0.25) is 0 Å². The number of anilines is 1. The molecule has 0 unspecified atom stereocenters. The zero-order chi connectivity index (χ0) is 9.80. The van der Waals surface area contributed by atoms with E-state index in [9.17, 15) is 0 Å². The molecule has 4 heteroatoms. The third kappa shape index (κ3) is 2.43. The Labute approximate surface area is 84.1 Å². The van der Waals surface area contributed by atoms with E-state index in [4.69, 9.17) is 5.73 Å². The summed E-state index contributed by atoms with van der Waals surface area (Å²) in [5, 5.41) is 3.33. The Bertz CT molecular complexity index is 294. The highest BCUT2D eigenvalue weighted by Crippen LogP contribution is 2.06. The van der Waals surface area contributed by atoms with Gasteiger partial charge in [0.2, 0.25) is 0 Å². The highest BCUT2D eigenvalue weighted by Gasteiger charge is 2.10. The molecule has 1 aromatic rings. The molecule has 2 heterocycles. The minimum atomic E-state index is 0.796. The second-order valence-electron chi connectivity index (χ2n) is 3.61. The highest BCUT2D eigenvalue weighted by atomic mass is 15.2. The number of rotatable bonds is 2. The fraction of sp³-hybridized carbons (Fsp3) is 0.500. The third-order valence-electron chi connectivity index (χ3n) is 2.44. The monoisotopic (exact) mass is 192 g/mol. The zero-order valence-electron chi connectivity index (χ0n) is 8.24. The number of hydrogen-bond acceptors (Lipinski definition) is 4. The average Bonchev–Trinajstić information content (AvgIpc) is 2.19. The van der Waals surface area contributed by atoms with Gasteiger partial charge in [-0.2, -0.15) is 0 Å². The minimum Gasteiger partial charge on any atom is -0.399 e. The lowest BCUT2D eigenvalue weighted by Gasteiger charge is -2.26. The molecule has 1 saturated heterocycles. The van der Waals surface area contributed by atoms with Gasteiger partial charge in [0.05, 0.1) is 5.69 Å². The first-order chi connectivity index (χ1) is 6.84. The van der Waals surface area contributed by atoms with Crippen molar-refractivity contribution in [3.63, 3.8) is 0 Å². The Balaban J connectivity index is 1.95. The zero-order valence-corrected chi connectivity index (χ0v) is 8.24. The first-order valence-electron chi connectivity index (χ1n) is 4.98. The van der Waals surface area contributed by atoms with Crippen LogP contribution >= 0.6 is 0 Å². The largest absolute Gasteiger partial charge is 0.399 e. The van der Waals surface area contributed by atoms with Gasteiger partial charge in [-0.25, -0.2) is 0 Å². The van der Waals surface area contributed by atoms with Gasteiger partial charge in [0.15, 0.2) is 0 Å². The highest BCUT2D eigenvalue weighted by molar-refractivity contribution is 5.37. The summed E-state index contributed by atoms with van der Waals surface area (Å²) in [7, 11) is 0. The van der Waals surface area contributed by atoms with Crippen molar-refractivity contribution in [1.29, 1.82) is 0 Å². The van der Waals surface area contributed by atoms with E-state index in [-0.39, 0.29) is 0 Å². The molecular formula is C10H16N4.